The van der Waals surface area contributed by atoms with E-state index in [0.717, 1.165) is 25.7 Å². The highest BCUT2D eigenvalue weighted by Crippen LogP contribution is 2.24. The minimum Gasteiger partial charge on any atom is -0.381 e. The summed E-state index contributed by atoms with van der Waals surface area (Å²) in [6.07, 6.45) is 4.50. The van der Waals surface area contributed by atoms with Crippen molar-refractivity contribution in [2.24, 2.45) is 5.73 Å². The molecule has 2 N–H and O–H groups in total. The van der Waals surface area contributed by atoms with Gasteiger partial charge in [0.25, 0.3) is 0 Å². The molecule has 5 heteroatoms. The minimum absolute atomic E-state index is 0. The van der Waals surface area contributed by atoms with E-state index in [9.17, 15) is 4.79 Å². The Morgan fingerprint density at radius 3 is 2.25 bits per heavy atom. The zero-order valence-corrected chi connectivity index (χ0v) is 11.1. The van der Waals surface area contributed by atoms with E-state index < -0.39 is 6.04 Å². The van der Waals surface area contributed by atoms with Crippen molar-refractivity contribution < 1.29 is 9.53 Å². The van der Waals surface area contributed by atoms with E-state index in [1.165, 1.54) is 0 Å². The number of ether oxygens (including phenoxy) is 1. The Balaban J connectivity index is 0.00000225. The van der Waals surface area contributed by atoms with Gasteiger partial charge in [0.1, 0.15) is 0 Å². The van der Waals surface area contributed by atoms with Crippen LogP contribution in [0.2, 0.25) is 0 Å². The van der Waals surface area contributed by atoms with Crippen molar-refractivity contribution in [1.29, 1.82) is 0 Å². The Labute approximate surface area is 104 Å². The topological polar surface area (TPSA) is 55.6 Å². The van der Waals surface area contributed by atoms with Crippen LogP contribution < -0.4 is 5.73 Å². The normalized spacial score (nSPS) is 26.8. The van der Waals surface area contributed by atoms with Gasteiger partial charge < -0.3 is 15.4 Å². The van der Waals surface area contributed by atoms with Gasteiger partial charge in [0.2, 0.25) is 5.91 Å². The lowest BCUT2D eigenvalue weighted by Crippen LogP contribution is -2.46. The highest BCUT2D eigenvalue weighted by Gasteiger charge is 2.27. The van der Waals surface area contributed by atoms with Crippen LogP contribution in [-0.4, -0.2) is 43.2 Å². The summed E-state index contributed by atoms with van der Waals surface area (Å²) in [6.45, 7) is 1.74. The average Bonchev–Trinajstić information content (AvgIpc) is 2.27. The van der Waals surface area contributed by atoms with E-state index in [0.29, 0.717) is 12.1 Å². The molecule has 96 valence electrons. The second-order valence-electron chi connectivity index (χ2n) is 4.40. The number of nitrogens with zero attached hydrogens (tertiary/aromatic N) is 1. The summed E-state index contributed by atoms with van der Waals surface area (Å²) in [5.74, 6) is 0.0378. The molecule has 1 aliphatic carbocycles. The summed E-state index contributed by atoms with van der Waals surface area (Å²) in [5.41, 5.74) is 5.58. The van der Waals surface area contributed by atoms with Gasteiger partial charge in [0, 0.05) is 20.2 Å². The van der Waals surface area contributed by atoms with E-state index in [4.69, 9.17) is 10.5 Å². The molecule has 1 atom stereocenters. The third kappa shape index (κ3) is 3.92. The van der Waals surface area contributed by atoms with Crippen LogP contribution in [-0.2, 0) is 9.53 Å². The number of hydrogen-bond donors (Lipinski definition) is 1. The SMILES string of the molecule is COC1CCC(N(C)C(=O)[C@H](C)N)CC1.Cl. The first-order valence-corrected chi connectivity index (χ1v) is 5.61. The second kappa shape index (κ2) is 7.09. The number of methoxy groups -OCH3 is 1. The standard InChI is InChI=1S/C11H22N2O2.ClH/c1-8(12)11(14)13(2)9-4-6-10(15-3)7-5-9;/h8-10H,4-7,12H2,1-3H3;1H/t8-,9?,10?;/m0./s1. The van der Waals surface area contributed by atoms with Crippen LogP contribution in [0.1, 0.15) is 32.6 Å². The largest absolute Gasteiger partial charge is 0.381 e. The molecule has 0 aromatic carbocycles. The molecule has 0 bridgehead atoms. The van der Waals surface area contributed by atoms with Gasteiger partial charge in [0.05, 0.1) is 12.1 Å². The first kappa shape index (κ1) is 15.7. The Kier molecular flexibility index (Phi) is 6.95. The fourth-order valence-electron chi connectivity index (χ4n) is 2.17. The maximum atomic E-state index is 11.7. The van der Waals surface area contributed by atoms with Crippen molar-refractivity contribution in [3.05, 3.63) is 0 Å². The van der Waals surface area contributed by atoms with Crippen molar-refractivity contribution in [3.8, 4) is 0 Å². The smallest absolute Gasteiger partial charge is 0.239 e. The summed E-state index contributed by atoms with van der Waals surface area (Å²) >= 11 is 0. The fraction of sp³-hybridized carbons (Fsp3) is 0.909. The van der Waals surface area contributed by atoms with E-state index in [2.05, 4.69) is 0 Å². The second-order valence-corrected chi connectivity index (χ2v) is 4.40. The molecular weight excluding hydrogens is 228 g/mol. The number of nitrogens with two attached hydrogens (primary N) is 1. The summed E-state index contributed by atoms with van der Waals surface area (Å²) in [7, 11) is 3.60. The molecule has 1 saturated carbocycles. The predicted octanol–water partition coefficient (Wildman–Crippen LogP) is 1.17. The number of halogens is 1. The van der Waals surface area contributed by atoms with E-state index in [-0.39, 0.29) is 18.3 Å². The van der Waals surface area contributed by atoms with Crippen LogP contribution in [0.15, 0.2) is 0 Å². The minimum atomic E-state index is -0.393. The molecule has 0 aliphatic heterocycles. The Morgan fingerprint density at radius 1 is 1.38 bits per heavy atom. The van der Waals surface area contributed by atoms with Gasteiger partial charge in [-0.2, -0.15) is 0 Å². The maximum Gasteiger partial charge on any atom is 0.239 e. The molecule has 0 unspecified atom stereocenters. The van der Waals surface area contributed by atoms with Crippen LogP contribution in [0.3, 0.4) is 0 Å². The van der Waals surface area contributed by atoms with Crippen LogP contribution in [0.4, 0.5) is 0 Å². The zero-order chi connectivity index (χ0) is 11.4. The number of rotatable bonds is 3. The maximum absolute atomic E-state index is 11.7. The van der Waals surface area contributed by atoms with E-state index in [1.54, 1.807) is 18.9 Å². The molecule has 16 heavy (non-hydrogen) atoms. The average molecular weight is 251 g/mol. The number of carbonyl (C=O) groups is 1. The summed E-state index contributed by atoms with van der Waals surface area (Å²) in [4.78, 5) is 13.5. The molecule has 0 heterocycles. The third-order valence-corrected chi connectivity index (χ3v) is 3.26. The molecule has 0 saturated heterocycles. The highest BCUT2D eigenvalue weighted by molar-refractivity contribution is 5.85. The molecule has 0 aromatic rings. The van der Waals surface area contributed by atoms with Crippen molar-refractivity contribution in [2.75, 3.05) is 14.2 Å². The van der Waals surface area contributed by atoms with Crippen molar-refractivity contribution in [2.45, 2.75) is 50.8 Å². The fourth-order valence-corrected chi connectivity index (χ4v) is 2.17. The molecule has 0 spiro atoms. The summed E-state index contributed by atoms with van der Waals surface area (Å²) < 4.78 is 5.30. The van der Waals surface area contributed by atoms with Gasteiger partial charge in [-0.1, -0.05) is 0 Å². The first-order valence-electron chi connectivity index (χ1n) is 5.61. The molecule has 1 amide bonds. The highest BCUT2D eigenvalue weighted by atomic mass is 35.5. The van der Waals surface area contributed by atoms with Gasteiger partial charge in [-0.25, -0.2) is 0 Å². The molecule has 0 radical (unpaired) electrons. The van der Waals surface area contributed by atoms with Crippen molar-refractivity contribution in [1.82, 2.24) is 4.90 Å². The number of hydrogen-bond acceptors (Lipinski definition) is 3. The molecule has 0 aromatic heterocycles. The lowest BCUT2D eigenvalue weighted by molar-refractivity contribution is -0.134. The Bertz CT molecular complexity index is 216. The van der Waals surface area contributed by atoms with E-state index in [1.807, 2.05) is 7.05 Å². The van der Waals surface area contributed by atoms with Crippen LogP contribution in [0.25, 0.3) is 0 Å². The first-order chi connectivity index (χ1) is 7.06. The van der Waals surface area contributed by atoms with Crippen LogP contribution in [0, 0.1) is 0 Å². The predicted molar refractivity (Wildman–Crippen MR) is 66.7 cm³/mol. The van der Waals surface area contributed by atoms with E-state index >= 15 is 0 Å². The van der Waals surface area contributed by atoms with Crippen LogP contribution >= 0.6 is 12.4 Å². The summed E-state index contributed by atoms with van der Waals surface area (Å²) in [6, 6.07) is -0.0509. The molecule has 1 rings (SSSR count). The van der Waals surface area contributed by atoms with Crippen molar-refractivity contribution >= 4 is 18.3 Å². The monoisotopic (exact) mass is 250 g/mol. The van der Waals surface area contributed by atoms with Gasteiger partial charge in [-0.05, 0) is 32.6 Å². The summed E-state index contributed by atoms with van der Waals surface area (Å²) in [5, 5.41) is 0. The molecule has 1 fully saturated rings. The van der Waals surface area contributed by atoms with Gasteiger partial charge >= 0.3 is 0 Å². The Morgan fingerprint density at radius 2 is 1.88 bits per heavy atom. The van der Waals surface area contributed by atoms with Crippen LogP contribution in [0.5, 0.6) is 0 Å². The lowest BCUT2D eigenvalue weighted by Gasteiger charge is -2.34. The molecular formula is C11H23ClN2O2. The van der Waals surface area contributed by atoms with Gasteiger partial charge in [0.15, 0.2) is 0 Å². The zero-order valence-electron chi connectivity index (χ0n) is 10.3. The molecule has 4 nitrogen and oxygen atoms in total. The van der Waals surface area contributed by atoms with Crippen molar-refractivity contribution in [3.63, 3.8) is 0 Å². The number of amides is 1. The molecule has 1 aliphatic rings. The van der Waals surface area contributed by atoms with Gasteiger partial charge in [-0.3, -0.25) is 4.79 Å². The number of likely N-dealkylation sites (N-methyl/N-ethyl adjacent to an activating group) is 1. The lowest BCUT2D eigenvalue weighted by atomic mass is 9.92. The third-order valence-electron chi connectivity index (χ3n) is 3.26. The number of carbonyl (C=O) groups excluding carboxylic acids is 1. The quantitative estimate of drug-likeness (QED) is 0.818. The Hall–Kier alpha value is -0.320. The van der Waals surface area contributed by atoms with Gasteiger partial charge in [-0.15, -0.1) is 12.4 Å².